The maximum Gasteiger partial charge on any atom is 0.253 e. The number of benzene rings is 2. The Labute approximate surface area is 166 Å². The van der Waals surface area contributed by atoms with E-state index >= 15 is 0 Å². The summed E-state index contributed by atoms with van der Waals surface area (Å²) in [5.74, 6) is 0.133. The summed E-state index contributed by atoms with van der Waals surface area (Å²) in [6.07, 6.45) is 2.61. The minimum Gasteiger partial charge on any atom is -0.368 e. The van der Waals surface area contributed by atoms with E-state index in [1.807, 2.05) is 35.2 Å². The van der Waals surface area contributed by atoms with Gasteiger partial charge in [-0.1, -0.05) is 29.8 Å². The maximum absolute atomic E-state index is 12.8. The molecule has 0 atom stereocenters. The molecule has 2 aromatic carbocycles. The van der Waals surface area contributed by atoms with Gasteiger partial charge in [-0.15, -0.1) is 0 Å². The Hall–Kier alpha value is -2.04. The molecule has 2 saturated heterocycles. The molecule has 2 aliphatic rings. The first kappa shape index (κ1) is 18.3. The highest BCUT2D eigenvalue weighted by molar-refractivity contribution is 6.30. The molecule has 142 valence electrons. The van der Waals surface area contributed by atoms with Gasteiger partial charge >= 0.3 is 0 Å². The summed E-state index contributed by atoms with van der Waals surface area (Å²) in [4.78, 5) is 19.5. The van der Waals surface area contributed by atoms with Crippen LogP contribution in [0.2, 0.25) is 5.02 Å². The number of carbonyl (C=O) groups is 1. The highest BCUT2D eigenvalue weighted by Crippen LogP contribution is 2.21. The number of nitrogens with zero attached hydrogens (tertiary/aromatic N) is 3. The van der Waals surface area contributed by atoms with Crippen molar-refractivity contribution in [2.24, 2.45) is 0 Å². The maximum atomic E-state index is 12.8. The van der Waals surface area contributed by atoms with Gasteiger partial charge in [0.25, 0.3) is 5.91 Å². The van der Waals surface area contributed by atoms with E-state index in [0.29, 0.717) is 0 Å². The Balaban J connectivity index is 1.33. The van der Waals surface area contributed by atoms with Gasteiger partial charge in [0.15, 0.2) is 0 Å². The average molecular weight is 384 g/mol. The van der Waals surface area contributed by atoms with E-state index in [1.54, 1.807) is 0 Å². The predicted molar refractivity (Wildman–Crippen MR) is 111 cm³/mol. The zero-order valence-corrected chi connectivity index (χ0v) is 16.4. The molecule has 5 heteroatoms. The van der Waals surface area contributed by atoms with Gasteiger partial charge in [-0.3, -0.25) is 9.69 Å². The van der Waals surface area contributed by atoms with Crippen LogP contribution in [-0.2, 0) is 6.54 Å². The van der Waals surface area contributed by atoms with E-state index in [4.69, 9.17) is 11.6 Å². The zero-order chi connectivity index (χ0) is 18.6. The highest BCUT2D eigenvalue weighted by atomic mass is 35.5. The molecule has 0 unspecified atom stereocenters. The molecule has 2 heterocycles. The minimum absolute atomic E-state index is 0.133. The minimum atomic E-state index is 0.133. The summed E-state index contributed by atoms with van der Waals surface area (Å²) in [5.41, 5.74) is 3.21. The molecule has 2 aliphatic heterocycles. The molecule has 0 radical (unpaired) electrons. The molecule has 0 aromatic heterocycles. The van der Waals surface area contributed by atoms with Crippen LogP contribution in [0, 0.1) is 0 Å². The van der Waals surface area contributed by atoms with Crippen molar-refractivity contribution < 1.29 is 4.79 Å². The fourth-order valence-corrected chi connectivity index (χ4v) is 4.16. The smallest absolute Gasteiger partial charge is 0.253 e. The van der Waals surface area contributed by atoms with E-state index < -0.39 is 0 Å². The summed E-state index contributed by atoms with van der Waals surface area (Å²) in [5, 5.41) is 0.750. The number of anilines is 1. The molecule has 27 heavy (non-hydrogen) atoms. The van der Waals surface area contributed by atoms with Crippen molar-refractivity contribution in [3.63, 3.8) is 0 Å². The molecule has 1 amide bonds. The molecule has 2 aromatic rings. The van der Waals surface area contributed by atoms with Crippen LogP contribution in [0.1, 0.15) is 28.8 Å². The van der Waals surface area contributed by atoms with Gasteiger partial charge in [-0.25, -0.2) is 0 Å². The second-order valence-corrected chi connectivity index (χ2v) is 7.88. The fourth-order valence-electron chi connectivity index (χ4n) is 3.97. The number of carbonyl (C=O) groups excluding carboxylic acids is 1. The van der Waals surface area contributed by atoms with E-state index in [-0.39, 0.29) is 5.91 Å². The summed E-state index contributed by atoms with van der Waals surface area (Å²) in [6, 6.07) is 16.1. The lowest BCUT2D eigenvalue weighted by molar-refractivity contribution is 0.0747. The van der Waals surface area contributed by atoms with Crippen molar-refractivity contribution in [2.45, 2.75) is 19.4 Å². The van der Waals surface area contributed by atoms with Crippen LogP contribution in [0.25, 0.3) is 0 Å². The van der Waals surface area contributed by atoms with Crippen molar-refractivity contribution >= 4 is 23.2 Å². The van der Waals surface area contributed by atoms with Crippen LogP contribution in [0.15, 0.2) is 48.5 Å². The monoisotopic (exact) mass is 383 g/mol. The second kappa shape index (κ2) is 8.32. The summed E-state index contributed by atoms with van der Waals surface area (Å²) in [6.45, 7) is 6.52. The van der Waals surface area contributed by atoms with E-state index in [9.17, 15) is 4.79 Å². The molecular formula is C22H26ClN3O. The Morgan fingerprint density at radius 2 is 1.59 bits per heavy atom. The predicted octanol–water partition coefficient (Wildman–Crippen LogP) is 3.90. The molecule has 2 fully saturated rings. The lowest BCUT2D eigenvalue weighted by Gasteiger charge is -2.36. The third kappa shape index (κ3) is 4.45. The summed E-state index contributed by atoms with van der Waals surface area (Å²) < 4.78 is 0. The largest absolute Gasteiger partial charge is 0.368 e. The molecule has 0 N–H and O–H groups in total. The van der Waals surface area contributed by atoms with Crippen LogP contribution < -0.4 is 4.90 Å². The van der Waals surface area contributed by atoms with Crippen LogP contribution in [0.5, 0.6) is 0 Å². The van der Waals surface area contributed by atoms with Crippen molar-refractivity contribution in [1.29, 1.82) is 0 Å². The number of hydrogen-bond donors (Lipinski definition) is 0. The van der Waals surface area contributed by atoms with Crippen LogP contribution in [0.4, 0.5) is 5.69 Å². The highest BCUT2D eigenvalue weighted by Gasteiger charge is 2.22. The Kier molecular flexibility index (Phi) is 5.65. The number of rotatable bonds is 4. The van der Waals surface area contributed by atoms with Crippen molar-refractivity contribution in [3.8, 4) is 0 Å². The van der Waals surface area contributed by atoms with Crippen LogP contribution in [-0.4, -0.2) is 55.0 Å². The van der Waals surface area contributed by atoms with Gasteiger partial charge in [0.1, 0.15) is 0 Å². The first-order chi connectivity index (χ1) is 13.2. The number of piperazine rings is 1. The van der Waals surface area contributed by atoms with Gasteiger partial charge in [0.05, 0.1) is 0 Å². The van der Waals surface area contributed by atoms with Gasteiger partial charge in [0, 0.05) is 49.0 Å². The number of amides is 1. The molecule has 0 aliphatic carbocycles. The molecular weight excluding hydrogens is 358 g/mol. The molecule has 0 saturated carbocycles. The molecule has 0 bridgehead atoms. The first-order valence-corrected chi connectivity index (χ1v) is 10.2. The van der Waals surface area contributed by atoms with Gasteiger partial charge < -0.3 is 9.80 Å². The standard InChI is InChI=1S/C22H26ClN3O/c23-20-4-3-5-21(16-20)25-12-14-26(15-13-25)22(27)19-8-6-18(7-9-19)17-24-10-1-2-11-24/h3-9,16H,1-2,10-15,17H2. The van der Waals surface area contributed by atoms with Crippen LogP contribution >= 0.6 is 11.6 Å². The second-order valence-electron chi connectivity index (χ2n) is 7.44. The van der Waals surface area contributed by atoms with Crippen molar-refractivity contribution in [2.75, 3.05) is 44.2 Å². The SMILES string of the molecule is O=C(c1ccc(CN2CCCC2)cc1)N1CCN(c2cccc(Cl)c2)CC1. The van der Waals surface area contributed by atoms with Crippen LogP contribution in [0.3, 0.4) is 0 Å². The molecule has 0 spiro atoms. The average Bonchev–Trinajstić information content (AvgIpc) is 3.21. The van der Waals surface area contributed by atoms with E-state index in [0.717, 1.165) is 49.0 Å². The lowest BCUT2D eigenvalue weighted by atomic mass is 10.1. The summed E-state index contributed by atoms with van der Waals surface area (Å²) >= 11 is 6.10. The number of hydrogen-bond acceptors (Lipinski definition) is 3. The molecule has 4 rings (SSSR count). The Morgan fingerprint density at radius 3 is 2.26 bits per heavy atom. The zero-order valence-electron chi connectivity index (χ0n) is 15.6. The van der Waals surface area contributed by atoms with E-state index in [1.165, 1.54) is 31.5 Å². The van der Waals surface area contributed by atoms with Crippen molar-refractivity contribution in [3.05, 3.63) is 64.7 Å². The topological polar surface area (TPSA) is 26.8 Å². The number of likely N-dealkylation sites (tertiary alicyclic amines) is 1. The fraction of sp³-hybridized carbons (Fsp3) is 0.409. The lowest BCUT2D eigenvalue weighted by Crippen LogP contribution is -2.48. The number of halogens is 1. The summed E-state index contributed by atoms with van der Waals surface area (Å²) in [7, 11) is 0. The quantitative estimate of drug-likeness (QED) is 0.801. The third-order valence-electron chi connectivity index (χ3n) is 5.55. The van der Waals surface area contributed by atoms with Gasteiger partial charge in [-0.05, 0) is 61.8 Å². The van der Waals surface area contributed by atoms with Gasteiger partial charge in [0.2, 0.25) is 0 Å². The third-order valence-corrected chi connectivity index (χ3v) is 5.78. The molecule has 4 nitrogen and oxygen atoms in total. The first-order valence-electron chi connectivity index (χ1n) is 9.80. The van der Waals surface area contributed by atoms with E-state index in [2.05, 4.69) is 28.0 Å². The Morgan fingerprint density at radius 1 is 0.889 bits per heavy atom. The normalized spacial score (nSPS) is 18.1. The van der Waals surface area contributed by atoms with Gasteiger partial charge in [-0.2, -0.15) is 0 Å². The van der Waals surface area contributed by atoms with Crippen molar-refractivity contribution in [1.82, 2.24) is 9.80 Å². The Bertz CT molecular complexity index is 778.